The first-order chi connectivity index (χ1) is 8.75. The second kappa shape index (κ2) is 6.55. The standard InChI is InChI=1S/C15H22N2O/c16-15(18)14-8-11-17(12-9-14)10-4-7-13-5-2-1-3-6-13/h1-3,5-6,14H,4,7-12H2,(H2,16,18). The second-order valence-electron chi connectivity index (χ2n) is 5.11. The van der Waals surface area contributed by atoms with Crippen molar-refractivity contribution in [1.29, 1.82) is 0 Å². The van der Waals surface area contributed by atoms with Gasteiger partial charge in [-0.25, -0.2) is 0 Å². The van der Waals surface area contributed by atoms with Gasteiger partial charge in [0.25, 0.3) is 0 Å². The van der Waals surface area contributed by atoms with E-state index in [2.05, 4.69) is 35.2 Å². The first kappa shape index (κ1) is 13.1. The molecule has 1 fully saturated rings. The molecular weight excluding hydrogens is 224 g/mol. The second-order valence-corrected chi connectivity index (χ2v) is 5.11. The van der Waals surface area contributed by atoms with E-state index in [-0.39, 0.29) is 11.8 Å². The van der Waals surface area contributed by atoms with Crippen LogP contribution in [0.2, 0.25) is 0 Å². The molecule has 18 heavy (non-hydrogen) atoms. The molecule has 1 saturated heterocycles. The lowest BCUT2D eigenvalue weighted by Gasteiger charge is -2.30. The lowest BCUT2D eigenvalue weighted by atomic mass is 9.96. The zero-order valence-corrected chi connectivity index (χ0v) is 10.8. The number of piperidine rings is 1. The number of carbonyl (C=O) groups is 1. The molecule has 0 spiro atoms. The molecule has 1 heterocycles. The predicted octanol–water partition coefficient (Wildman–Crippen LogP) is 1.82. The minimum Gasteiger partial charge on any atom is -0.369 e. The highest BCUT2D eigenvalue weighted by atomic mass is 16.1. The Morgan fingerprint density at radius 2 is 1.89 bits per heavy atom. The van der Waals surface area contributed by atoms with Crippen LogP contribution in [0.4, 0.5) is 0 Å². The number of amides is 1. The first-order valence-corrected chi connectivity index (χ1v) is 6.81. The van der Waals surface area contributed by atoms with E-state index >= 15 is 0 Å². The first-order valence-electron chi connectivity index (χ1n) is 6.81. The molecule has 1 amide bonds. The molecule has 1 aromatic rings. The van der Waals surface area contributed by atoms with E-state index in [1.165, 1.54) is 12.0 Å². The van der Waals surface area contributed by atoms with Crippen molar-refractivity contribution < 1.29 is 4.79 Å². The average molecular weight is 246 g/mol. The van der Waals surface area contributed by atoms with E-state index in [4.69, 9.17) is 5.73 Å². The number of likely N-dealkylation sites (tertiary alicyclic amines) is 1. The Balaban J connectivity index is 1.65. The monoisotopic (exact) mass is 246 g/mol. The normalized spacial score (nSPS) is 17.8. The summed E-state index contributed by atoms with van der Waals surface area (Å²) in [5.74, 6) is -0.0192. The van der Waals surface area contributed by atoms with Crippen molar-refractivity contribution in [3.05, 3.63) is 35.9 Å². The van der Waals surface area contributed by atoms with E-state index in [1.807, 2.05) is 0 Å². The SMILES string of the molecule is NC(=O)C1CCN(CCCc2ccccc2)CC1. The lowest BCUT2D eigenvalue weighted by molar-refractivity contribution is -0.123. The molecule has 1 aliphatic heterocycles. The summed E-state index contributed by atoms with van der Waals surface area (Å²) in [6.07, 6.45) is 4.18. The van der Waals surface area contributed by atoms with Crippen LogP contribution in [0, 0.1) is 5.92 Å². The molecule has 0 aliphatic carbocycles. The Kier molecular flexibility index (Phi) is 4.76. The fourth-order valence-electron chi connectivity index (χ4n) is 2.59. The van der Waals surface area contributed by atoms with Gasteiger partial charge in [0.1, 0.15) is 0 Å². The van der Waals surface area contributed by atoms with Crippen LogP contribution < -0.4 is 5.73 Å². The van der Waals surface area contributed by atoms with E-state index in [0.29, 0.717) is 0 Å². The molecule has 0 unspecified atom stereocenters. The maximum absolute atomic E-state index is 11.1. The number of hydrogen-bond donors (Lipinski definition) is 1. The van der Waals surface area contributed by atoms with Gasteiger partial charge in [0.2, 0.25) is 5.91 Å². The lowest BCUT2D eigenvalue weighted by Crippen LogP contribution is -2.39. The number of rotatable bonds is 5. The van der Waals surface area contributed by atoms with Crippen LogP contribution >= 0.6 is 0 Å². The van der Waals surface area contributed by atoms with E-state index in [1.54, 1.807) is 0 Å². The molecule has 2 rings (SSSR count). The number of primary amides is 1. The number of nitrogens with zero attached hydrogens (tertiary/aromatic N) is 1. The Morgan fingerprint density at radius 1 is 1.22 bits per heavy atom. The van der Waals surface area contributed by atoms with Crippen LogP contribution in [0.3, 0.4) is 0 Å². The van der Waals surface area contributed by atoms with Gasteiger partial charge in [-0.2, -0.15) is 0 Å². The van der Waals surface area contributed by atoms with Crippen LogP contribution in [0.1, 0.15) is 24.8 Å². The van der Waals surface area contributed by atoms with Crippen molar-refractivity contribution in [2.75, 3.05) is 19.6 Å². The smallest absolute Gasteiger partial charge is 0.220 e. The van der Waals surface area contributed by atoms with Gasteiger partial charge in [0.15, 0.2) is 0 Å². The highest BCUT2D eigenvalue weighted by molar-refractivity contribution is 5.76. The molecule has 1 aliphatic rings. The summed E-state index contributed by atoms with van der Waals surface area (Å²) in [6, 6.07) is 10.6. The van der Waals surface area contributed by atoms with Crippen molar-refractivity contribution in [2.24, 2.45) is 11.7 Å². The van der Waals surface area contributed by atoms with Gasteiger partial charge in [0.05, 0.1) is 0 Å². The summed E-state index contributed by atoms with van der Waals surface area (Å²) in [4.78, 5) is 13.5. The molecule has 3 nitrogen and oxygen atoms in total. The number of carbonyl (C=O) groups excluding carboxylic acids is 1. The molecule has 0 bridgehead atoms. The van der Waals surface area contributed by atoms with Crippen molar-refractivity contribution in [2.45, 2.75) is 25.7 Å². The Labute approximate surface area is 109 Å². The maximum Gasteiger partial charge on any atom is 0.220 e. The average Bonchev–Trinajstić information content (AvgIpc) is 2.40. The van der Waals surface area contributed by atoms with E-state index in [9.17, 15) is 4.79 Å². The molecule has 0 saturated carbocycles. The summed E-state index contributed by atoms with van der Waals surface area (Å²) in [7, 11) is 0. The Morgan fingerprint density at radius 3 is 2.50 bits per heavy atom. The third-order valence-corrected chi connectivity index (χ3v) is 3.77. The minimum atomic E-state index is -0.126. The highest BCUT2D eigenvalue weighted by Crippen LogP contribution is 2.17. The largest absolute Gasteiger partial charge is 0.369 e. The topological polar surface area (TPSA) is 46.3 Å². The summed E-state index contributed by atoms with van der Waals surface area (Å²) in [5.41, 5.74) is 6.74. The minimum absolute atomic E-state index is 0.107. The van der Waals surface area contributed by atoms with Gasteiger partial charge in [-0.1, -0.05) is 30.3 Å². The van der Waals surface area contributed by atoms with E-state index in [0.717, 1.165) is 38.9 Å². The number of benzene rings is 1. The van der Waals surface area contributed by atoms with Gasteiger partial charge in [-0.15, -0.1) is 0 Å². The van der Waals surface area contributed by atoms with Crippen LogP contribution in [-0.2, 0) is 11.2 Å². The van der Waals surface area contributed by atoms with Crippen molar-refractivity contribution >= 4 is 5.91 Å². The summed E-state index contributed by atoms with van der Waals surface area (Å²) >= 11 is 0. The van der Waals surface area contributed by atoms with Crippen LogP contribution in [0.25, 0.3) is 0 Å². The maximum atomic E-state index is 11.1. The number of aryl methyl sites for hydroxylation is 1. The summed E-state index contributed by atoms with van der Waals surface area (Å²) < 4.78 is 0. The molecule has 98 valence electrons. The predicted molar refractivity (Wildman–Crippen MR) is 73.1 cm³/mol. The fourth-order valence-corrected chi connectivity index (χ4v) is 2.59. The van der Waals surface area contributed by atoms with Gasteiger partial charge >= 0.3 is 0 Å². The molecule has 0 atom stereocenters. The molecule has 3 heteroatoms. The van der Waals surface area contributed by atoms with Crippen LogP contribution in [-0.4, -0.2) is 30.4 Å². The number of nitrogens with two attached hydrogens (primary N) is 1. The van der Waals surface area contributed by atoms with Crippen molar-refractivity contribution in [1.82, 2.24) is 4.90 Å². The quantitative estimate of drug-likeness (QED) is 0.861. The third-order valence-electron chi connectivity index (χ3n) is 3.77. The zero-order valence-electron chi connectivity index (χ0n) is 10.8. The Bertz CT molecular complexity index is 369. The van der Waals surface area contributed by atoms with Gasteiger partial charge < -0.3 is 10.6 Å². The molecule has 1 aromatic carbocycles. The number of hydrogen-bond acceptors (Lipinski definition) is 2. The Hall–Kier alpha value is -1.35. The van der Waals surface area contributed by atoms with Gasteiger partial charge in [0, 0.05) is 5.92 Å². The van der Waals surface area contributed by atoms with Gasteiger partial charge in [-0.3, -0.25) is 4.79 Å². The summed E-state index contributed by atoms with van der Waals surface area (Å²) in [6.45, 7) is 3.16. The van der Waals surface area contributed by atoms with E-state index < -0.39 is 0 Å². The molecular formula is C15H22N2O. The summed E-state index contributed by atoms with van der Waals surface area (Å²) in [5, 5.41) is 0. The van der Waals surface area contributed by atoms with Crippen LogP contribution in [0.5, 0.6) is 0 Å². The third kappa shape index (κ3) is 3.84. The molecule has 0 aromatic heterocycles. The van der Waals surface area contributed by atoms with Crippen molar-refractivity contribution in [3.8, 4) is 0 Å². The molecule has 0 radical (unpaired) electrons. The van der Waals surface area contributed by atoms with Gasteiger partial charge in [-0.05, 0) is 50.9 Å². The zero-order chi connectivity index (χ0) is 12.8. The molecule has 2 N–H and O–H groups in total. The van der Waals surface area contributed by atoms with Crippen molar-refractivity contribution in [3.63, 3.8) is 0 Å². The van der Waals surface area contributed by atoms with Crippen LogP contribution in [0.15, 0.2) is 30.3 Å². The fraction of sp³-hybridized carbons (Fsp3) is 0.533. The highest BCUT2D eigenvalue weighted by Gasteiger charge is 2.22.